The second kappa shape index (κ2) is 7.41. The summed E-state index contributed by atoms with van der Waals surface area (Å²) in [6.45, 7) is 7.18. The average Bonchev–Trinajstić information content (AvgIpc) is 2.98. The van der Waals surface area contributed by atoms with E-state index >= 15 is 0 Å². The first-order valence-corrected chi connectivity index (χ1v) is 9.33. The van der Waals surface area contributed by atoms with Crippen LogP contribution in [0.4, 0.5) is 0 Å². The Kier molecular flexibility index (Phi) is 5.27. The molecule has 24 heavy (non-hydrogen) atoms. The van der Waals surface area contributed by atoms with Crippen LogP contribution in [0.2, 0.25) is 5.02 Å². The van der Waals surface area contributed by atoms with E-state index in [1.807, 2.05) is 24.3 Å². The predicted octanol–water partition coefficient (Wildman–Crippen LogP) is 5.53. The SMILES string of the molecule is CCn1c(SCc2cc(C)ccc2C)nnc1-c1ccccc1Cl. The molecule has 0 N–H and O–H groups in total. The van der Waals surface area contributed by atoms with Crippen LogP contribution in [0, 0.1) is 13.8 Å². The van der Waals surface area contributed by atoms with Gasteiger partial charge in [0.2, 0.25) is 0 Å². The van der Waals surface area contributed by atoms with Crippen molar-refractivity contribution in [1.29, 1.82) is 0 Å². The van der Waals surface area contributed by atoms with Crippen molar-refractivity contribution in [3.05, 3.63) is 64.2 Å². The van der Waals surface area contributed by atoms with Gasteiger partial charge >= 0.3 is 0 Å². The van der Waals surface area contributed by atoms with Crippen molar-refractivity contribution in [2.45, 2.75) is 38.2 Å². The molecule has 0 fully saturated rings. The molecule has 124 valence electrons. The largest absolute Gasteiger partial charge is 0.302 e. The van der Waals surface area contributed by atoms with Crippen molar-refractivity contribution in [2.24, 2.45) is 0 Å². The molecule has 2 aromatic carbocycles. The molecule has 0 unspecified atom stereocenters. The highest BCUT2D eigenvalue weighted by Crippen LogP contribution is 2.30. The van der Waals surface area contributed by atoms with Gasteiger partial charge in [-0.2, -0.15) is 0 Å². The lowest BCUT2D eigenvalue weighted by Crippen LogP contribution is -2.00. The lowest BCUT2D eigenvalue weighted by molar-refractivity contribution is 0.687. The summed E-state index contributed by atoms with van der Waals surface area (Å²) < 4.78 is 2.12. The number of halogens is 1. The third kappa shape index (κ3) is 3.50. The Morgan fingerprint density at radius 3 is 2.62 bits per heavy atom. The van der Waals surface area contributed by atoms with Gasteiger partial charge in [0, 0.05) is 17.9 Å². The molecular formula is C19H20ClN3S. The van der Waals surface area contributed by atoms with Crippen LogP contribution < -0.4 is 0 Å². The number of aryl methyl sites for hydroxylation is 2. The smallest absolute Gasteiger partial charge is 0.191 e. The van der Waals surface area contributed by atoms with Crippen LogP contribution >= 0.6 is 23.4 Å². The number of hydrogen-bond acceptors (Lipinski definition) is 3. The Morgan fingerprint density at radius 2 is 1.88 bits per heavy atom. The second-order valence-corrected chi connectivity index (χ2v) is 7.10. The summed E-state index contributed by atoms with van der Waals surface area (Å²) in [6.07, 6.45) is 0. The summed E-state index contributed by atoms with van der Waals surface area (Å²) >= 11 is 8.04. The Morgan fingerprint density at radius 1 is 1.08 bits per heavy atom. The van der Waals surface area contributed by atoms with E-state index < -0.39 is 0 Å². The summed E-state index contributed by atoms with van der Waals surface area (Å²) in [4.78, 5) is 0. The molecule has 0 aliphatic rings. The van der Waals surface area contributed by atoms with Crippen LogP contribution in [-0.4, -0.2) is 14.8 Å². The van der Waals surface area contributed by atoms with Crippen LogP contribution in [0.1, 0.15) is 23.6 Å². The Balaban J connectivity index is 1.87. The van der Waals surface area contributed by atoms with Crippen LogP contribution in [0.3, 0.4) is 0 Å². The average molecular weight is 358 g/mol. The first-order valence-electron chi connectivity index (χ1n) is 7.97. The fourth-order valence-corrected chi connectivity index (χ4v) is 3.91. The topological polar surface area (TPSA) is 30.7 Å². The predicted molar refractivity (Wildman–Crippen MR) is 102 cm³/mol. The van der Waals surface area contributed by atoms with Crippen LogP contribution in [0.25, 0.3) is 11.4 Å². The number of hydrogen-bond donors (Lipinski definition) is 0. The first-order chi connectivity index (χ1) is 11.6. The van der Waals surface area contributed by atoms with Gasteiger partial charge in [-0.15, -0.1) is 10.2 Å². The van der Waals surface area contributed by atoms with Crippen LogP contribution in [0.5, 0.6) is 0 Å². The van der Waals surface area contributed by atoms with Gasteiger partial charge in [0.05, 0.1) is 5.02 Å². The molecule has 0 aliphatic carbocycles. The Labute approximate surface area is 152 Å². The molecule has 0 radical (unpaired) electrons. The van der Waals surface area contributed by atoms with E-state index in [-0.39, 0.29) is 0 Å². The Hall–Kier alpha value is -1.78. The molecule has 1 heterocycles. The standard InChI is InChI=1S/C19H20ClN3S/c1-4-23-18(16-7-5-6-8-17(16)20)21-22-19(23)24-12-15-11-13(2)9-10-14(15)3/h5-11H,4,12H2,1-3H3. The van der Waals surface area contributed by atoms with E-state index in [9.17, 15) is 0 Å². The maximum absolute atomic E-state index is 6.32. The number of aromatic nitrogens is 3. The molecule has 0 atom stereocenters. The van der Waals surface area contributed by atoms with Gasteiger partial charge < -0.3 is 4.57 Å². The zero-order valence-corrected chi connectivity index (χ0v) is 15.7. The minimum absolute atomic E-state index is 0.700. The molecule has 0 aliphatic heterocycles. The summed E-state index contributed by atoms with van der Waals surface area (Å²) in [6, 6.07) is 14.3. The molecule has 0 bridgehead atoms. The van der Waals surface area contributed by atoms with Crippen molar-refractivity contribution in [3.63, 3.8) is 0 Å². The maximum Gasteiger partial charge on any atom is 0.191 e. The van der Waals surface area contributed by atoms with Gasteiger partial charge in [-0.05, 0) is 44.0 Å². The number of rotatable bonds is 5. The van der Waals surface area contributed by atoms with E-state index in [1.165, 1.54) is 16.7 Å². The molecule has 0 spiro atoms. The highest BCUT2D eigenvalue weighted by Gasteiger charge is 2.15. The zero-order valence-electron chi connectivity index (χ0n) is 14.1. The lowest BCUT2D eigenvalue weighted by Gasteiger charge is -2.09. The summed E-state index contributed by atoms with van der Waals surface area (Å²) in [5.41, 5.74) is 4.85. The first kappa shape index (κ1) is 17.1. The van der Waals surface area contributed by atoms with E-state index in [1.54, 1.807) is 11.8 Å². The van der Waals surface area contributed by atoms with Crippen molar-refractivity contribution < 1.29 is 0 Å². The lowest BCUT2D eigenvalue weighted by atomic mass is 10.1. The molecule has 3 rings (SSSR count). The quantitative estimate of drug-likeness (QED) is 0.562. The van der Waals surface area contributed by atoms with E-state index in [0.29, 0.717) is 5.02 Å². The summed E-state index contributed by atoms with van der Waals surface area (Å²) in [5.74, 6) is 1.71. The van der Waals surface area contributed by atoms with Gasteiger partial charge in [-0.1, -0.05) is 59.3 Å². The molecular weight excluding hydrogens is 338 g/mol. The minimum atomic E-state index is 0.700. The van der Waals surface area contributed by atoms with E-state index in [4.69, 9.17) is 11.6 Å². The van der Waals surface area contributed by atoms with Gasteiger partial charge in [0.25, 0.3) is 0 Å². The van der Waals surface area contributed by atoms with Crippen molar-refractivity contribution in [1.82, 2.24) is 14.8 Å². The van der Waals surface area contributed by atoms with Crippen molar-refractivity contribution in [2.75, 3.05) is 0 Å². The van der Waals surface area contributed by atoms with E-state index in [0.717, 1.165) is 28.8 Å². The van der Waals surface area contributed by atoms with Crippen LogP contribution in [0.15, 0.2) is 47.6 Å². The third-order valence-corrected chi connectivity index (χ3v) is 5.35. The monoisotopic (exact) mass is 357 g/mol. The summed E-state index contributed by atoms with van der Waals surface area (Å²) in [7, 11) is 0. The number of benzene rings is 2. The highest BCUT2D eigenvalue weighted by molar-refractivity contribution is 7.98. The molecule has 3 aromatic rings. The molecule has 5 heteroatoms. The number of nitrogens with zero attached hydrogens (tertiary/aromatic N) is 3. The Bertz CT molecular complexity index is 858. The molecule has 0 amide bonds. The molecule has 3 nitrogen and oxygen atoms in total. The van der Waals surface area contributed by atoms with Gasteiger partial charge in [-0.25, -0.2) is 0 Å². The van der Waals surface area contributed by atoms with Crippen LogP contribution in [-0.2, 0) is 12.3 Å². The van der Waals surface area contributed by atoms with Crippen molar-refractivity contribution in [3.8, 4) is 11.4 Å². The second-order valence-electron chi connectivity index (χ2n) is 5.75. The zero-order chi connectivity index (χ0) is 17.1. The molecule has 1 aromatic heterocycles. The van der Waals surface area contributed by atoms with Gasteiger partial charge in [0.15, 0.2) is 11.0 Å². The van der Waals surface area contributed by atoms with Gasteiger partial charge in [-0.3, -0.25) is 0 Å². The normalized spacial score (nSPS) is 11.0. The molecule has 0 saturated carbocycles. The van der Waals surface area contributed by atoms with Gasteiger partial charge in [0.1, 0.15) is 0 Å². The fourth-order valence-electron chi connectivity index (χ4n) is 2.62. The minimum Gasteiger partial charge on any atom is -0.302 e. The fraction of sp³-hybridized carbons (Fsp3) is 0.263. The highest BCUT2D eigenvalue weighted by atomic mass is 35.5. The third-order valence-electron chi connectivity index (χ3n) is 4.01. The number of thioether (sulfide) groups is 1. The maximum atomic E-state index is 6.32. The van der Waals surface area contributed by atoms with E-state index in [2.05, 4.69) is 53.7 Å². The molecule has 0 saturated heterocycles. The van der Waals surface area contributed by atoms with Crippen molar-refractivity contribution >= 4 is 23.4 Å². The summed E-state index contributed by atoms with van der Waals surface area (Å²) in [5, 5.41) is 10.4.